The molecule has 0 N–H and O–H groups in total. The van der Waals surface area contributed by atoms with Crippen LogP contribution in [0.15, 0.2) is 77.2 Å². The predicted octanol–water partition coefficient (Wildman–Crippen LogP) is 6.03. The Kier molecular flexibility index (Phi) is 3.95. The van der Waals surface area contributed by atoms with Crippen LogP contribution in [0.2, 0.25) is 0 Å². The fourth-order valence-electron chi connectivity index (χ4n) is 3.03. The lowest BCUT2D eigenvalue weighted by molar-refractivity contribution is 0.589. The van der Waals surface area contributed by atoms with Crippen LogP contribution in [0.25, 0.3) is 22.7 Å². The molecule has 4 aromatic rings. The zero-order chi connectivity index (χ0) is 17.2. The first-order chi connectivity index (χ1) is 12.2. The Hall–Kier alpha value is -3.13. The molecule has 0 radical (unpaired) electrons. The summed E-state index contributed by atoms with van der Waals surface area (Å²) in [7, 11) is 0. The Morgan fingerprint density at radius 3 is 2.04 bits per heavy atom. The molecule has 2 nitrogen and oxygen atoms in total. The van der Waals surface area contributed by atoms with Crippen LogP contribution >= 0.6 is 0 Å². The van der Waals surface area contributed by atoms with Crippen molar-refractivity contribution < 1.29 is 4.42 Å². The SMILES string of the molecule is Cc1cccc(C(=Cc2nc3ccccc3o2)c2cccc(C)c2)c1. The topological polar surface area (TPSA) is 26.0 Å². The van der Waals surface area contributed by atoms with Crippen molar-refractivity contribution in [3.8, 4) is 0 Å². The number of aryl methyl sites for hydroxylation is 2. The first kappa shape index (κ1) is 15.4. The van der Waals surface area contributed by atoms with Gasteiger partial charge in [0.15, 0.2) is 5.58 Å². The molecule has 3 aromatic carbocycles. The van der Waals surface area contributed by atoms with E-state index in [0.29, 0.717) is 5.89 Å². The molecular formula is C23H19NO. The Bertz CT molecular complexity index is 992. The molecular weight excluding hydrogens is 306 g/mol. The maximum absolute atomic E-state index is 5.91. The number of fused-ring (bicyclic) bond motifs is 1. The molecule has 0 spiro atoms. The second-order valence-electron chi connectivity index (χ2n) is 6.32. The third-order valence-corrected chi connectivity index (χ3v) is 4.24. The quantitative estimate of drug-likeness (QED) is 0.459. The maximum Gasteiger partial charge on any atom is 0.220 e. The Labute approximate surface area is 147 Å². The summed E-state index contributed by atoms with van der Waals surface area (Å²) in [6.07, 6.45) is 2.03. The van der Waals surface area contributed by atoms with Crippen LogP contribution < -0.4 is 0 Å². The minimum absolute atomic E-state index is 0.624. The largest absolute Gasteiger partial charge is 0.437 e. The number of hydrogen-bond donors (Lipinski definition) is 0. The summed E-state index contributed by atoms with van der Waals surface area (Å²) in [5.74, 6) is 0.624. The standard InChI is InChI=1S/C23H19NO/c1-16-7-5-9-18(13-16)20(19-10-6-8-17(2)14-19)15-23-24-21-11-3-4-12-22(21)25-23/h3-15H,1-2H3. The smallest absolute Gasteiger partial charge is 0.220 e. The zero-order valence-electron chi connectivity index (χ0n) is 14.4. The average Bonchev–Trinajstić information content (AvgIpc) is 3.02. The maximum atomic E-state index is 5.91. The molecule has 1 heterocycles. The van der Waals surface area contributed by atoms with E-state index in [1.165, 1.54) is 11.1 Å². The fraction of sp³-hybridized carbons (Fsp3) is 0.0870. The molecule has 0 amide bonds. The van der Waals surface area contributed by atoms with E-state index in [4.69, 9.17) is 4.42 Å². The summed E-state index contributed by atoms with van der Waals surface area (Å²) in [5, 5.41) is 0. The van der Waals surface area contributed by atoms with Crippen molar-refractivity contribution in [2.75, 3.05) is 0 Å². The lowest BCUT2D eigenvalue weighted by Gasteiger charge is -2.09. The molecule has 0 unspecified atom stereocenters. The van der Waals surface area contributed by atoms with Gasteiger partial charge in [0.2, 0.25) is 5.89 Å². The summed E-state index contributed by atoms with van der Waals surface area (Å²) in [6, 6.07) is 24.9. The van der Waals surface area contributed by atoms with E-state index in [1.54, 1.807) is 0 Å². The molecule has 0 aliphatic heterocycles. The fourth-order valence-corrected chi connectivity index (χ4v) is 3.03. The van der Waals surface area contributed by atoms with E-state index >= 15 is 0 Å². The van der Waals surface area contributed by atoms with Crippen LogP contribution in [-0.2, 0) is 0 Å². The van der Waals surface area contributed by atoms with E-state index in [-0.39, 0.29) is 0 Å². The van der Waals surface area contributed by atoms with Crippen molar-refractivity contribution in [3.05, 3.63) is 101 Å². The second kappa shape index (κ2) is 6.40. The van der Waals surface area contributed by atoms with Crippen molar-refractivity contribution in [1.29, 1.82) is 0 Å². The summed E-state index contributed by atoms with van der Waals surface area (Å²) in [4.78, 5) is 4.61. The number of para-hydroxylation sites is 2. The van der Waals surface area contributed by atoms with Crippen LogP contribution in [0, 0.1) is 13.8 Å². The number of nitrogens with zero attached hydrogens (tertiary/aromatic N) is 1. The monoisotopic (exact) mass is 325 g/mol. The van der Waals surface area contributed by atoms with Crippen molar-refractivity contribution in [1.82, 2.24) is 4.98 Å². The van der Waals surface area contributed by atoms with Gasteiger partial charge in [0, 0.05) is 6.08 Å². The highest BCUT2D eigenvalue weighted by molar-refractivity contribution is 5.91. The van der Waals surface area contributed by atoms with E-state index in [9.17, 15) is 0 Å². The highest BCUT2D eigenvalue weighted by atomic mass is 16.3. The summed E-state index contributed by atoms with van der Waals surface area (Å²) in [5.41, 5.74) is 7.57. The predicted molar refractivity (Wildman–Crippen MR) is 103 cm³/mol. The Balaban J connectivity index is 1.90. The number of aromatic nitrogens is 1. The molecule has 0 atom stereocenters. The van der Waals surface area contributed by atoms with Gasteiger partial charge in [0.1, 0.15) is 5.52 Å². The molecule has 0 saturated carbocycles. The average molecular weight is 325 g/mol. The lowest BCUT2D eigenvalue weighted by Crippen LogP contribution is -1.90. The number of oxazole rings is 1. The number of benzene rings is 3. The van der Waals surface area contributed by atoms with E-state index in [2.05, 4.69) is 67.4 Å². The molecule has 0 bridgehead atoms. The van der Waals surface area contributed by atoms with Gasteiger partial charge in [-0.25, -0.2) is 4.98 Å². The van der Waals surface area contributed by atoms with Crippen LogP contribution in [0.4, 0.5) is 0 Å². The van der Waals surface area contributed by atoms with Crippen molar-refractivity contribution in [2.45, 2.75) is 13.8 Å². The normalized spacial score (nSPS) is 10.8. The minimum Gasteiger partial charge on any atom is -0.437 e. The summed E-state index contributed by atoms with van der Waals surface area (Å²) in [6.45, 7) is 4.22. The molecule has 122 valence electrons. The van der Waals surface area contributed by atoms with Crippen molar-refractivity contribution in [2.24, 2.45) is 0 Å². The van der Waals surface area contributed by atoms with Gasteiger partial charge < -0.3 is 4.42 Å². The molecule has 0 aliphatic rings. The van der Waals surface area contributed by atoms with Gasteiger partial charge in [-0.05, 0) is 42.7 Å². The first-order valence-corrected chi connectivity index (χ1v) is 8.40. The van der Waals surface area contributed by atoms with Gasteiger partial charge >= 0.3 is 0 Å². The molecule has 2 heteroatoms. The lowest BCUT2D eigenvalue weighted by atomic mass is 9.95. The van der Waals surface area contributed by atoms with Gasteiger partial charge in [-0.1, -0.05) is 71.8 Å². The number of rotatable bonds is 3. The van der Waals surface area contributed by atoms with Gasteiger partial charge in [0.05, 0.1) is 0 Å². The van der Waals surface area contributed by atoms with E-state index in [0.717, 1.165) is 27.8 Å². The third-order valence-electron chi connectivity index (χ3n) is 4.24. The van der Waals surface area contributed by atoms with Gasteiger partial charge in [-0.2, -0.15) is 0 Å². The molecule has 1 aromatic heterocycles. The summed E-state index contributed by atoms with van der Waals surface area (Å²) >= 11 is 0. The Morgan fingerprint density at radius 2 is 1.44 bits per heavy atom. The molecule has 4 rings (SSSR count). The van der Waals surface area contributed by atoms with E-state index in [1.807, 2.05) is 30.3 Å². The summed E-state index contributed by atoms with van der Waals surface area (Å²) < 4.78 is 5.91. The van der Waals surface area contributed by atoms with Gasteiger partial charge in [-0.3, -0.25) is 0 Å². The molecule has 25 heavy (non-hydrogen) atoms. The zero-order valence-corrected chi connectivity index (χ0v) is 14.4. The Morgan fingerprint density at radius 1 is 0.800 bits per heavy atom. The molecule has 0 saturated heterocycles. The van der Waals surface area contributed by atoms with Crippen LogP contribution in [0.1, 0.15) is 28.1 Å². The second-order valence-corrected chi connectivity index (χ2v) is 6.32. The van der Waals surface area contributed by atoms with Crippen molar-refractivity contribution in [3.63, 3.8) is 0 Å². The third kappa shape index (κ3) is 3.24. The van der Waals surface area contributed by atoms with Crippen LogP contribution in [0.5, 0.6) is 0 Å². The molecule has 0 fully saturated rings. The van der Waals surface area contributed by atoms with Crippen LogP contribution in [-0.4, -0.2) is 4.98 Å². The van der Waals surface area contributed by atoms with Gasteiger partial charge in [0.25, 0.3) is 0 Å². The van der Waals surface area contributed by atoms with Crippen LogP contribution in [0.3, 0.4) is 0 Å². The van der Waals surface area contributed by atoms with E-state index < -0.39 is 0 Å². The first-order valence-electron chi connectivity index (χ1n) is 8.40. The highest BCUT2D eigenvalue weighted by Gasteiger charge is 2.09. The minimum atomic E-state index is 0.624. The number of hydrogen-bond acceptors (Lipinski definition) is 2. The van der Waals surface area contributed by atoms with Gasteiger partial charge in [-0.15, -0.1) is 0 Å². The highest BCUT2D eigenvalue weighted by Crippen LogP contribution is 2.28. The van der Waals surface area contributed by atoms with Crippen molar-refractivity contribution >= 4 is 22.7 Å². The molecule has 0 aliphatic carbocycles.